The van der Waals surface area contributed by atoms with Crippen molar-refractivity contribution in [3.63, 3.8) is 0 Å². The number of aromatic nitrogens is 2. The molecule has 6 nitrogen and oxygen atoms in total. The highest BCUT2D eigenvalue weighted by molar-refractivity contribution is 7.07. The van der Waals surface area contributed by atoms with E-state index in [1.54, 1.807) is 5.51 Å². The van der Waals surface area contributed by atoms with Gasteiger partial charge in [-0.15, -0.1) is 11.3 Å². The van der Waals surface area contributed by atoms with Crippen LogP contribution in [0.2, 0.25) is 0 Å². The molecule has 0 N–H and O–H groups in total. The largest absolute Gasteiger partial charge is 0.375 e. The molecule has 2 aromatic heterocycles. The summed E-state index contributed by atoms with van der Waals surface area (Å²) in [6, 6.07) is 6.00. The third kappa shape index (κ3) is 3.33. The van der Waals surface area contributed by atoms with Crippen molar-refractivity contribution in [2.24, 2.45) is 5.92 Å². The van der Waals surface area contributed by atoms with Crippen LogP contribution in [0.3, 0.4) is 0 Å². The summed E-state index contributed by atoms with van der Waals surface area (Å²) in [6.07, 6.45) is 2.02. The number of thiazole rings is 1. The van der Waals surface area contributed by atoms with Crippen molar-refractivity contribution >= 4 is 17.2 Å². The van der Waals surface area contributed by atoms with Crippen molar-refractivity contribution < 1.29 is 9.53 Å². The lowest BCUT2D eigenvalue weighted by molar-refractivity contribution is 0.0500. The zero-order valence-corrected chi connectivity index (χ0v) is 14.2. The van der Waals surface area contributed by atoms with Crippen molar-refractivity contribution in [3.05, 3.63) is 46.7 Å². The maximum absolute atomic E-state index is 12.6. The Bertz CT molecular complexity index is 679. The van der Waals surface area contributed by atoms with Gasteiger partial charge in [0.25, 0.3) is 5.91 Å². The highest BCUT2D eigenvalue weighted by Crippen LogP contribution is 2.25. The molecule has 4 heterocycles. The van der Waals surface area contributed by atoms with E-state index in [0.29, 0.717) is 24.8 Å². The monoisotopic (exact) mass is 344 g/mol. The number of likely N-dealkylation sites (tertiary alicyclic amines) is 1. The summed E-state index contributed by atoms with van der Waals surface area (Å²) in [6.45, 7) is 4.64. The van der Waals surface area contributed by atoms with Gasteiger partial charge in [-0.25, -0.2) is 4.98 Å². The molecular formula is C17H20N4O2S. The fourth-order valence-electron chi connectivity index (χ4n) is 3.49. The first-order valence-electron chi connectivity index (χ1n) is 8.21. The molecule has 0 bridgehead atoms. The first-order valence-corrected chi connectivity index (χ1v) is 9.15. The molecule has 2 aromatic rings. The summed E-state index contributed by atoms with van der Waals surface area (Å²) in [5.74, 6) is 0.363. The molecule has 0 radical (unpaired) electrons. The van der Waals surface area contributed by atoms with Crippen LogP contribution in [0.15, 0.2) is 35.3 Å². The zero-order chi connectivity index (χ0) is 16.4. The van der Waals surface area contributed by atoms with Gasteiger partial charge in [0.05, 0.1) is 23.9 Å². The van der Waals surface area contributed by atoms with E-state index in [9.17, 15) is 4.79 Å². The molecule has 2 aliphatic rings. The van der Waals surface area contributed by atoms with Gasteiger partial charge in [-0.3, -0.25) is 14.7 Å². The van der Waals surface area contributed by atoms with E-state index in [1.807, 2.05) is 34.7 Å². The Hall–Kier alpha value is -1.83. The van der Waals surface area contributed by atoms with Gasteiger partial charge in [-0.1, -0.05) is 6.07 Å². The first-order chi connectivity index (χ1) is 11.8. The summed E-state index contributed by atoms with van der Waals surface area (Å²) in [5.41, 5.74) is 3.32. The van der Waals surface area contributed by atoms with Gasteiger partial charge in [-0.2, -0.15) is 0 Å². The topological polar surface area (TPSA) is 58.6 Å². The Morgan fingerprint density at radius 3 is 3.04 bits per heavy atom. The molecular weight excluding hydrogens is 324 g/mol. The third-order valence-corrected chi connectivity index (χ3v) is 5.24. The Labute approximate surface area is 145 Å². The number of nitrogens with zero attached hydrogens (tertiary/aromatic N) is 4. The van der Waals surface area contributed by atoms with Crippen LogP contribution in [0, 0.1) is 5.92 Å². The van der Waals surface area contributed by atoms with E-state index in [1.165, 1.54) is 11.3 Å². The highest BCUT2D eigenvalue weighted by Gasteiger charge is 2.37. The number of fused-ring (bicyclic) bond motifs is 1. The number of hydrogen-bond acceptors (Lipinski definition) is 6. The summed E-state index contributed by atoms with van der Waals surface area (Å²) in [4.78, 5) is 25.4. The van der Waals surface area contributed by atoms with Crippen molar-refractivity contribution in [2.75, 3.05) is 32.8 Å². The zero-order valence-electron chi connectivity index (χ0n) is 13.4. The average molecular weight is 344 g/mol. The van der Waals surface area contributed by atoms with Crippen LogP contribution in [0.1, 0.15) is 16.2 Å². The first kappa shape index (κ1) is 15.7. The molecule has 2 atom stereocenters. The summed E-state index contributed by atoms with van der Waals surface area (Å²) < 4.78 is 6.02. The van der Waals surface area contributed by atoms with E-state index in [4.69, 9.17) is 4.74 Å². The van der Waals surface area contributed by atoms with E-state index in [0.717, 1.165) is 31.9 Å². The van der Waals surface area contributed by atoms with Gasteiger partial charge in [0.1, 0.15) is 5.69 Å². The lowest BCUT2D eigenvalue weighted by atomic mass is 10.1. The fraction of sp³-hybridized carbons (Fsp3) is 0.471. The highest BCUT2D eigenvalue weighted by atomic mass is 32.1. The van der Waals surface area contributed by atoms with Gasteiger partial charge in [0.15, 0.2) is 0 Å². The molecule has 1 amide bonds. The number of ether oxygens (including phenoxy) is 1. The Kier molecular flexibility index (Phi) is 4.55. The van der Waals surface area contributed by atoms with Gasteiger partial charge < -0.3 is 9.64 Å². The molecule has 7 heteroatoms. The van der Waals surface area contributed by atoms with Gasteiger partial charge in [-0.05, 0) is 12.1 Å². The molecule has 2 fully saturated rings. The minimum atomic E-state index is 0.0173. The van der Waals surface area contributed by atoms with Gasteiger partial charge in [0.2, 0.25) is 0 Å². The second-order valence-corrected chi connectivity index (χ2v) is 7.03. The maximum atomic E-state index is 12.6. The standard InChI is InChI=1S/C17H20N4O2S/c22-17(15-11-24-12-19-15)21-5-6-23-16-10-20(7-13(16)8-21)9-14-3-1-2-4-18-14/h1-4,11-13,16H,5-10H2/t13-,16-/m0/s1. The molecule has 4 rings (SSSR count). The lowest BCUT2D eigenvalue weighted by Gasteiger charge is -2.23. The smallest absolute Gasteiger partial charge is 0.273 e. The normalized spacial score (nSPS) is 24.6. The van der Waals surface area contributed by atoms with Crippen molar-refractivity contribution in [1.29, 1.82) is 0 Å². The molecule has 0 spiro atoms. The van der Waals surface area contributed by atoms with Crippen LogP contribution in [-0.4, -0.2) is 64.6 Å². The van der Waals surface area contributed by atoms with E-state index >= 15 is 0 Å². The average Bonchev–Trinajstić information content (AvgIpc) is 3.21. The summed E-state index contributed by atoms with van der Waals surface area (Å²) in [5, 5.41) is 1.81. The molecule has 24 heavy (non-hydrogen) atoms. The van der Waals surface area contributed by atoms with E-state index < -0.39 is 0 Å². The summed E-state index contributed by atoms with van der Waals surface area (Å²) in [7, 11) is 0. The molecule has 2 aliphatic heterocycles. The lowest BCUT2D eigenvalue weighted by Crippen LogP contribution is -2.37. The molecule has 2 saturated heterocycles. The second-order valence-electron chi connectivity index (χ2n) is 6.31. The minimum Gasteiger partial charge on any atom is -0.375 e. The van der Waals surface area contributed by atoms with Crippen LogP contribution in [0.25, 0.3) is 0 Å². The Morgan fingerprint density at radius 1 is 1.29 bits per heavy atom. The van der Waals surface area contributed by atoms with Crippen LogP contribution >= 0.6 is 11.3 Å². The number of pyridine rings is 1. The van der Waals surface area contributed by atoms with Gasteiger partial charge >= 0.3 is 0 Å². The summed E-state index contributed by atoms with van der Waals surface area (Å²) >= 11 is 1.45. The van der Waals surface area contributed by atoms with Crippen molar-refractivity contribution in [1.82, 2.24) is 19.8 Å². The number of amides is 1. The number of carbonyl (C=O) groups is 1. The Balaban J connectivity index is 1.41. The molecule has 0 saturated carbocycles. The minimum absolute atomic E-state index is 0.0173. The molecule has 0 aromatic carbocycles. The van der Waals surface area contributed by atoms with Crippen molar-refractivity contribution in [3.8, 4) is 0 Å². The van der Waals surface area contributed by atoms with Crippen molar-refractivity contribution in [2.45, 2.75) is 12.6 Å². The number of hydrogen-bond donors (Lipinski definition) is 0. The third-order valence-electron chi connectivity index (χ3n) is 4.66. The number of rotatable bonds is 3. The predicted octanol–water partition coefficient (Wildman–Crippen LogP) is 1.51. The fourth-order valence-corrected chi connectivity index (χ4v) is 4.02. The molecule has 0 aliphatic carbocycles. The van der Waals surface area contributed by atoms with Crippen LogP contribution in [0.5, 0.6) is 0 Å². The second kappa shape index (κ2) is 6.96. The maximum Gasteiger partial charge on any atom is 0.273 e. The quantitative estimate of drug-likeness (QED) is 0.845. The van der Waals surface area contributed by atoms with Crippen LogP contribution in [-0.2, 0) is 11.3 Å². The van der Waals surface area contributed by atoms with Gasteiger partial charge in [0, 0.05) is 50.2 Å². The molecule has 0 unspecified atom stereocenters. The predicted molar refractivity (Wildman–Crippen MR) is 90.8 cm³/mol. The molecule has 126 valence electrons. The van der Waals surface area contributed by atoms with Crippen LogP contribution < -0.4 is 0 Å². The van der Waals surface area contributed by atoms with E-state index in [-0.39, 0.29) is 12.0 Å². The van der Waals surface area contributed by atoms with E-state index in [2.05, 4.69) is 14.9 Å². The Morgan fingerprint density at radius 2 is 2.25 bits per heavy atom. The number of carbonyl (C=O) groups excluding carboxylic acids is 1. The SMILES string of the molecule is O=C(c1cscn1)N1CCO[C@H]2CN(Cc3ccccn3)C[C@H]2C1. The van der Waals surface area contributed by atoms with Crippen LogP contribution in [0.4, 0.5) is 0 Å².